The molecule has 5 amide bonds. The summed E-state index contributed by atoms with van der Waals surface area (Å²) in [5, 5.41) is 14.9. The molecule has 2 aromatic heterocycles. The van der Waals surface area contributed by atoms with Crippen LogP contribution in [0.2, 0.25) is 0 Å². The highest BCUT2D eigenvalue weighted by Crippen LogP contribution is 2.57. The second kappa shape index (κ2) is 23.5. The van der Waals surface area contributed by atoms with Crippen molar-refractivity contribution >= 4 is 40.6 Å². The number of methoxy groups -OCH3 is 1. The summed E-state index contributed by atoms with van der Waals surface area (Å²) in [6.45, 7) is 12.0. The van der Waals surface area contributed by atoms with Crippen molar-refractivity contribution in [1.82, 2.24) is 44.9 Å². The van der Waals surface area contributed by atoms with Gasteiger partial charge in [0.25, 0.3) is 12.3 Å². The molecule has 3 N–H and O–H groups in total. The first kappa shape index (κ1) is 55.9. The van der Waals surface area contributed by atoms with Gasteiger partial charge in [-0.05, 0) is 105 Å². The molecule has 3 aliphatic heterocycles. The Morgan fingerprint density at radius 3 is 2.53 bits per heavy atom. The van der Waals surface area contributed by atoms with Crippen molar-refractivity contribution in [2.24, 2.45) is 17.3 Å². The Bertz CT molecular complexity index is 2830. The lowest BCUT2D eigenvalue weighted by Gasteiger charge is -2.42. The number of cyclic esters (lactones) is 1. The number of aromatic nitrogens is 2. The van der Waals surface area contributed by atoms with Gasteiger partial charge in [-0.15, -0.1) is 0 Å². The van der Waals surface area contributed by atoms with Crippen LogP contribution in [0.3, 0.4) is 0 Å². The molecule has 4 aliphatic rings. The largest absolute Gasteiger partial charge is 0.464 e. The summed E-state index contributed by atoms with van der Waals surface area (Å²) in [7, 11) is 6.98. The molecule has 6 bridgehead atoms. The first-order chi connectivity index (χ1) is 36.3. The molecular weight excluding hydrogens is 977 g/mol. The highest BCUT2D eigenvalue weighted by Gasteiger charge is 2.48. The Morgan fingerprint density at radius 2 is 1.83 bits per heavy atom. The smallest absolute Gasteiger partial charge is 0.324 e. The molecule has 4 aromatic rings. The van der Waals surface area contributed by atoms with Crippen LogP contribution in [0.1, 0.15) is 94.7 Å². The summed E-state index contributed by atoms with van der Waals surface area (Å²) in [5.41, 5.74) is 8.12. The number of esters is 1. The molecule has 2 fully saturated rings. The van der Waals surface area contributed by atoms with Gasteiger partial charge in [-0.3, -0.25) is 29.2 Å². The van der Waals surface area contributed by atoms with Crippen LogP contribution in [0, 0.1) is 17.3 Å². The van der Waals surface area contributed by atoms with Gasteiger partial charge >= 0.3 is 12.0 Å². The zero-order chi connectivity index (χ0) is 54.7. The van der Waals surface area contributed by atoms with E-state index in [1.54, 1.807) is 56.1 Å². The van der Waals surface area contributed by atoms with Gasteiger partial charge in [0.1, 0.15) is 24.2 Å². The Hall–Kier alpha value is -6.28. The number of pyridine rings is 1. The molecule has 2 saturated heterocycles. The second-order valence-corrected chi connectivity index (χ2v) is 22.1. The number of hydrogen-bond donors (Lipinski definition) is 3. The molecule has 76 heavy (non-hydrogen) atoms. The minimum absolute atomic E-state index is 0.0152. The van der Waals surface area contributed by atoms with E-state index >= 15 is 8.78 Å². The maximum absolute atomic E-state index is 15.1. The van der Waals surface area contributed by atoms with Crippen LogP contribution in [-0.2, 0) is 41.6 Å². The third kappa shape index (κ3) is 11.5. The van der Waals surface area contributed by atoms with E-state index in [4.69, 9.17) is 14.5 Å². The summed E-state index contributed by atoms with van der Waals surface area (Å²) in [6, 6.07) is 10.7. The first-order valence-corrected chi connectivity index (χ1v) is 26.6. The quantitative estimate of drug-likeness (QED) is 0.0920. The van der Waals surface area contributed by atoms with E-state index in [9.17, 15) is 29.1 Å². The van der Waals surface area contributed by atoms with Crippen LogP contribution in [0.5, 0.6) is 0 Å². The predicted octanol–water partition coefficient (Wildman–Crippen LogP) is 6.56. The number of amides is 5. The summed E-state index contributed by atoms with van der Waals surface area (Å²) in [4.78, 5) is 82.7. The summed E-state index contributed by atoms with van der Waals surface area (Å²) in [5.74, 6) is -2.91. The molecule has 1 aliphatic carbocycles. The molecule has 17 nitrogen and oxygen atoms in total. The molecule has 410 valence electrons. The van der Waals surface area contributed by atoms with Crippen molar-refractivity contribution in [1.29, 1.82) is 0 Å². The van der Waals surface area contributed by atoms with Gasteiger partial charge in [-0.25, -0.2) is 19.0 Å². The zero-order valence-electron chi connectivity index (χ0n) is 45.4. The Labute approximate surface area is 444 Å². The molecule has 6 atom stereocenters. The summed E-state index contributed by atoms with van der Waals surface area (Å²) in [6.07, 6.45) is 2.78. The third-order valence-corrected chi connectivity index (χ3v) is 15.5. The number of aryl methyl sites for hydroxylation is 1. The highest BCUT2D eigenvalue weighted by atomic mass is 19.3. The number of benzene rings is 2. The van der Waals surface area contributed by atoms with Crippen molar-refractivity contribution in [2.75, 3.05) is 80.7 Å². The minimum Gasteiger partial charge on any atom is -0.464 e. The number of nitrogens with one attached hydrogen (secondary N) is 2. The Balaban J connectivity index is 1.14. The number of alkyl halides is 2. The molecule has 0 saturated carbocycles. The fourth-order valence-corrected chi connectivity index (χ4v) is 11.9. The van der Waals surface area contributed by atoms with Gasteiger partial charge < -0.3 is 44.1 Å². The van der Waals surface area contributed by atoms with E-state index in [1.165, 1.54) is 28.1 Å². The van der Waals surface area contributed by atoms with E-state index < -0.39 is 65.8 Å². The number of hydrogen-bond acceptors (Lipinski definition) is 11. The lowest BCUT2D eigenvalue weighted by atomic mass is 9.67. The van der Waals surface area contributed by atoms with E-state index in [0.717, 1.165) is 33.4 Å². The van der Waals surface area contributed by atoms with Crippen LogP contribution < -0.4 is 10.7 Å². The van der Waals surface area contributed by atoms with E-state index in [2.05, 4.69) is 22.2 Å². The van der Waals surface area contributed by atoms with Gasteiger partial charge in [0, 0.05) is 112 Å². The maximum atomic E-state index is 15.1. The number of urea groups is 1. The van der Waals surface area contributed by atoms with Gasteiger partial charge in [-0.1, -0.05) is 52.0 Å². The van der Waals surface area contributed by atoms with E-state index in [-0.39, 0.29) is 56.0 Å². The van der Waals surface area contributed by atoms with E-state index in [0.29, 0.717) is 68.7 Å². The highest BCUT2D eigenvalue weighted by molar-refractivity contribution is 5.97. The van der Waals surface area contributed by atoms with Crippen LogP contribution in [-0.4, -0.2) is 168 Å². The normalized spacial score (nSPS) is 22.0. The number of aliphatic hydroxyl groups excluding tert-OH is 1. The van der Waals surface area contributed by atoms with Crippen molar-refractivity contribution < 1.29 is 47.3 Å². The average Bonchev–Trinajstić information content (AvgIpc) is 4.03. The van der Waals surface area contributed by atoms with E-state index in [1.807, 2.05) is 63.2 Å². The SMILES string of the molecule is CCn1c2c3c4cc(ccc41)-c1cc(cc(C(F)F)c1)C[C@H](NC(=O)[C@H](C(C)C)N(C)C(=O)N1CC[C@H](CN(CCO)C(=O)/C=C/CN(C)C)C1)C(=O)N1CCC[C@H](N1)C(=O)OCC(C)(C)C3[C@H](OC)c1ncccc1-2. The number of carbonyl (C=O) groups excluding carboxylic acids is 5. The molecule has 2 aromatic carbocycles. The first-order valence-electron chi connectivity index (χ1n) is 26.6. The van der Waals surface area contributed by atoms with Crippen LogP contribution in [0.15, 0.2) is 66.9 Å². The molecule has 8 rings (SSSR count). The molecule has 1 unspecified atom stereocenters. The molecule has 5 heterocycles. The molecule has 0 radical (unpaired) electrons. The third-order valence-electron chi connectivity index (χ3n) is 15.5. The number of likely N-dealkylation sites (tertiary alicyclic amines) is 1. The number of aliphatic hydroxyl groups is 1. The van der Waals surface area contributed by atoms with Crippen molar-refractivity contribution in [3.63, 3.8) is 0 Å². The van der Waals surface area contributed by atoms with Crippen LogP contribution in [0.4, 0.5) is 13.6 Å². The van der Waals surface area contributed by atoms with Gasteiger partial charge in [-0.2, -0.15) is 0 Å². The molecule has 0 spiro atoms. The fourth-order valence-electron chi connectivity index (χ4n) is 11.9. The molecule has 19 heteroatoms. The zero-order valence-corrected chi connectivity index (χ0v) is 45.4. The van der Waals surface area contributed by atoms with Gasteiger partial charge in [0.2, 0.25) is 11.8 Å². The summed E-state index contributed by atoms with van der Waals surface area (Å²) < 4.78 is 45.0. The molecular formula is C57H75F2N9O8. The number of hydrazine groups is 1. The number of likely N-dealkylation sites (N-methyl/N-ethyl adjacent to an activating group) is 2. The average molecular weight is 1050 g/mol. The predicted molar refractivity (Wildman–Crippen MR) is 285 cm³/mol. The van der Waals surface area contributed by atoms with Crippen molar-refractivity contribution in [3.05, 3.63) is 89.3 Å². The maximum Gasteiger partial charge on any atom is 0.324 e. The summed E-state index contributed by atoms with van der Waals surface area (Å²) >= 11 is 0. The van der Waals surface area contributed by atoms with Crippen molar-refractivity contribution in [3.8, 4) is 22.4 Å². The van der Waals surface area contributed by atoms with Gasteiger partial charge in [0.15, 0.2) is 0 Å². The number of carbonyl (C=O) groups is 5. The van der Waals surface area contributed by atoms with Crippen LogP contribution in [0.25, 0.3) is 33.3 Å². The van der Waals surface area contributed by atoms with Crippen molar-refractivity contribution in [2.45, 2.75) is 103 Å². The Kier molecular flexibility index (Phi) is 17.3. The number of rotatable bonds is 14. The minimum atomic E-state index is -2.87. The Morgan fingerprint density at radius 1 is 1.05 bits per heavy atom. The lowest BCUT2D eigenvalue weighted by Crippen LogP contribution is -2.62. The topological polar surface area (TPSA) is 182 Å². The number of fused-ring (bicyclic) bond motifs is 8. The standard InChI is InChI=1S/C57H75F2N9O8/c1-10-67-44-18-17-37-30-41(44)46-47(51(75-9)48-40(50(46)67)14-11-20-60-48)57(4,5)33-76-55(73)42-15-12-22-68(62-42)54(72)43(28-36-26-38(37)29-39(27-36)52(58)59)61-53(71)49(34(2)3)64(8)56(74)66-23-19-35(32-66)31-65(24-25-69)45(70)16-13-21-63(6)7/h11,13-14,16-18,20,26-27,29-30,34-35,42-43,47,49,51-52,62,69H,10,12,15,19,21-25,28,31-33H2,1-9H3,(H,61,71)/b16-13+/t35-,42+,43+,47?,49+,51+/m1/s1. The number of ether oxygens (including phenoxy) is 2. The lowest BCUT2D eigenvalue weighted by molar-refractivity contribution is -0.156. The monoisotopic (exact) mass is 1050 g/mol. The number of halogens is 2. The van der Waals surface area contributed by atoms with Gasteiger partial charge in [0.05, 0.1) is 24.6 Å². The number of nitrogens with zero attached hydrogens (tertiary/aromatic N) is 7. The second-order valence-electron chi connectivity index (χ2n) is 22.1. The van der Waals surface area contributed by atoms with Crippen LogP contribution >= 0.6 is 0 Å². The fraction of sp³-hybridized carbons (Fsp3) is 0.544.